The number of rotatable bonds is 2. The number of aryl methyl sites for hydroxylation is 2. The molecule has 1 aromatic carbocycles. The minimum Gasteiger partial charge on any atom is -0.436 e. The quantitative estimate of drug-likeness (QED) is 0.776. The maximum atomic E-state index is 12.6. The monoisotopic (exact) mass is 340 g/mol. The van der Waals surface area contributed by atoms with Gasteiger partial charge in [0.2, 0.25) is 5.76 Å². The molecule has 3 aromatic rings. The van der Waals surface area contributed by atoms with Gasteiger partial charge in [-0.1, -0.05) is 12.1 Å². The number of hydrogen-bond donors (Lipinski definition) is 1. The first-order valence-electron chi connectivity index (χ1n) is 8.47. The molecule has 0 bridgehead atoms. The van der Waals surface area contributed by atoms with Crippen LogP contribution in [0.2, 0.25) is 0 Å². The summed E-state index contributed by atoms with van der Waals surface area (Å²) < 4.78 is 7.26. The van der Waals surface area contributed by atoms with Gasteiger partial charge in [-0.05, 0) is 31.9 Å². The van der Waals surface area contributed by atoms with Crippen LogP contribution in [0.3, 0.4) is 0 Å². The van der Waals surface area contributed by atoms with Gasteiger partial charge < -0.3 is 14.3 Å². The van der Waals surface area contributed by atoms with E-state index >= 15 is 0 Å². The molecule has 1 N–H and O–H groups in total. The van der Waals surface area contributed by atoms with Crippen molar-refractivity contribution in [2.24, 2.45) is 0 Å². The number of oxazole rings is 1. The van der Waals surface area contributed by atoms with Crippen LogP contribution in [0.4, 0.5) is 0 Å². The zero-order valence-electron chi connectivity index (χ0n) is 14.3. The summed E-state index contributed by atoms with van der Waals surface area (Å²) in [5.74, 6) is 0.698. The van der Waals surface area contributed by atoms with Crippen LogP contribution in [0.15, 0.2) is 33.5 Å². The summed E-state index contributed by atoms with van der Waals surface area (Å²) in [6.07, 6.45) is 1.47. The van der Waals surface area contributed by atoms with E-state index in [1.807, 2.05) is 28.8 Å². The summed E-state index contributed by atoms with van der Waals surface area (Å²) in [5, 5.41) is 0. The number of nitrogens with one attached hydrogen (secondary N) is 1. The highest BCUT2D eigenvalue weighted by Crippen LogP contribution is 2.26. The summed E-state index contributed by atoms with van der Waals surface area (Å²) >= 11 is 0. The number of piperidine rings is 1. The normalized spacial score (nSPS) is 15.8. The first kappa shape index (κ1) is 15.7. The Morgan fingerprint density at radius 1 is 1.24 bits per heavy atom. The lowest BCUT2D eigenvalue weighted by molar-refractivity contribution is 0.0660. The van der Waals surface area contributed by atoms with Gasteiger partial charge in [0.05, 0.1) is 16.7 Å². The first-order valence-corrected chi connectivity index (χ1v) is 8.47. The fourth-order valence-corrected chi connectivity index (χ4v) is 3.64. The van der Waals surface area contributed by atoms with Crippen LogP contribution >= 0.6 is 0 Å². The molecule has 1 saturated heterocycles. The molecule has 1 amide bonds. The SMILES string of the molecule is Cc1nc(C)c(C(=O)N2CCC(n3c(=O)[nH]c4ccccc43)CC2)o1. The van der Waals surface area contributed by atoms with Gasteiger partial charge in [-0.15, -0.1) is 0 Å². The molecule has 25 heavy (non-hydrogen) atoms. The largest absolute Gasteiger partial charge is 0.436 e. The second kappa shape index (κ2) is 5.91. The highest BCUT2D eigenvalue weighted by molar-refractivity contribution is 5.92. The van der Waals surface area contributed by atoms with Crippen molar-refractivity contribution in [3.8, 4) is 0 Å². The minimum atomic E-state index is -0.122. The molecule has 1 fully saturated rings. The van der Waals surface area contributed by atoms with Crippen molar-refractivity contribution in [1.82, 2.24) is 19.4 Å². The molecule has 0 unspecified atom stereocenters. The van der Waals surface area contributed by atoms with Crippen LogP contribution in [0.5, 0.6) is 0 Å². The van der Waals surface area contributed by atoms with Gasteiger partial charge in [-0.2, -0.15) is 0 Å². The van der Waals surface area contributed by atoms with E-state index in [0.29, 0.717) is 30.4 Å². The number of H-pyrrole nitrogens is 1. The molecule has 0 saturated carbocycles. The van der Waals surface area contributed by atoms with Crippen molar-refractivity contribution in [3.05, 3.63) is 52.1 Å². The summed E-state index contributed by atoms with van der Waals surface area (Å²) in [7, 11) is 0. The van der Waals surface area contributed by atoms with Crippen LogP contribution in [0.1, 0.15) is 41.0 Å². The zero-order valence-corrected chi connectivity index (χ0v) is 14.3. The summed E-state index contributed by atoms with van der Waals surface area (Å²) in [6, 6.07) is 7.78. The Kier molecular flexibility index (Phi) is 3.71. The van der Waals surface area contributed by atoms with E-state index < -0.39 is 0 Å². The van der Waals surface area contributed by atoms with E-state index in [4.69, 9.17) is 4.42 Å². The van der Waals surface area contributed by atoms with Gasteiger partial charge in [0.25, 0.3) is 5.91 Å². The van der Waals surface area contributed by atoms with Gasteiger partial charge in [0, 0.05) is 26.1 Å². The maximum Gasteiger partial charge on any atom is 0.326 e. The first-order chi connectivity index (χ1) is 12.0. The Bertz CT molecular complexity index is 989. The van der Waals surface area contributed by atoms with E-state index in [0.717, 1.165) is 23.9 Å². The van der Waals surface area contributed by atoms with Crippen LogP contribution in [-0.2, 0) is 0 Å². The second-order valence-electron chi connectivity index (χ2n) is 6.49. The van der Waals surface area contributed by atoms with Gasteiger partial charge in [0.15, 0.2) is 5.89 Å². The third-order valence-corrected chi connectivity index (χ3v) is 4.84. The lowest BCUT2D eigenvalue weighted by Gasteiger charge is -2.32. The standard InChI is InChI=1S/C18H20N4O3/c1-11-16(25-12(2)19-11)17(23)21-9-7-13(8-10-21)22-15-6-4-3-5-14(15)20-18(22)24/h3-6,13H,7-10H2,1-2H3,(H,20,24). The number of fused-ring (bicyclic) bond motifs is 1. The molecule has 1 aliphatic rings. The molecule has 130 valence electrons. The van der Waals surface area contributed by atoms with E-state index in [1.165, 1.54) is 0 Å². The highest BCUT2D eigenvalue weighted by atomic mass is 16.4. The molecular weight excluding hydrogens is 320 g/mol. The minimum absolute atomic E-state index is 0.0882. The number of amides is 1. The van der Waals surface area contributed by atoms with Crippen molar-refractivity contribution in [1.29, 1.82) is 0 Å². The lowest BCUT2D eigenvalue weighted by atomic mass is 10.0. The molecule has 7 nitrogen and oxygen atoms in total. The zero-order chi connectivity index (χ0) is 17.6. The molecule has 4 rings (SSSR count). The van der Waals surface area contributed by atoms with Gasteiger partial charge in [0.1, 0.15) is 0 Å². The maximum absolute atomic E-state index is 12.6. The molecule has 1 aliphatic heterocycles. The molecule has 0 atom stereocenters. The molecule has 3 heterocycles. The van der Waals surface area contributed by atoms with Crippen molar-refractivity contribution in [3.63, 3.8) is 0 Å². The number of hydrogen-bond acceptors (Lipinski definition) is 4. The third kappa shape index (κ3) is 2.65. The fourth-order valence-electron chi connectivity index (χ4n) is 3.64. The fraction of sp³-hybridized carbons (Fsp3) is 0.389. The van der Waals surface area contributed by atoms with Crippen LogP contribution in [-0.4, -0.2) is 38.4 Å². The molecule has 0 aliphatic carbocycles. The molecule has 0 spiro atoms. The third-order valence-electron chi connectivity index (χ3n) is 4.84. The van der Waals surface area contributed by atoms with Crippen molar-refractivity contribution in [2.75, 3.05) is 13.1 Å². The van der Waals surface area contributed by atoms with Crippen molar-refractivity contribution in [2.45, 2.75) is 32.7 Å². The molecule has 2 aromatic heterocycles. The van der Waals surface area contributed by atoms with Crippen molar-refractivity contribution >= 4 is 16.9 Å². The Labute approximate surface area is 144 Å². The van der Waals surface area contributed by atoms with E-state index in [1.54, 1.807) is 18.7 Å². The number of aromatic nitrogens is 3. The number of carbonyl (C=O) groups is 1. The second-order valence-corrected chi connectivity index (χ2v) is 6.49. The van der Waals surface area contributed by atoms with E-state index in [9.17, 15) is 9.59 Å². The molecule has 7 heteroatoms. The number of benzene rings is 1. The summed E-state index contributed by atoms with van der Waals surface area (Å²) in [6.45, 7) is 4.70. The topological polar surface area (TPSA) is 84.1 Å². The van der Waals surface area contributed by atoms with Gasteiger partial charge >= 0.3 is 5.69 Å². The number of carbonyl (C=O) groups excluding carboxylic acids is 1. The highest BCUT2D eigenvalue weighted by Gasteiger charge is 2.29. The number of imidazole rings is 1. The van der Waals surface area contributed by atoms with E-state index in [2.05, 4.69) is 9.97 Å². The smallest absolute Gasteiger partial charge is 0.326 e. The summed E-state index contributed by atoms with van der Waals surface area (Å²) in [5.41, 5.74) is 2.29. The van der Waals surface area contributed by atoms with E-state index in [-0.39, 0.29) is 17.6 Å². The van der Waals surface area contributed by atoms with Gasteiger partial charge in [-0.3, -0.25) is 9.36 Å². The molecular formula is C18H20N4O3. The predicted octanol–water partition coefficient (Wildman–Crippen LogP) is 2.41. The Morgan fingerprint density at radius 2 is 1.96 bits per heavy atom. The number of para-hydroxylation sites is 2. The van der Waals surface area contributed by atoms with Crippen LogP contribution in [0.25, 0.3) is 11.0 Å². The van der Waals surface area contributed by atoms with Crippen LogP contribution in [0, 0.1) is 13.8 Å². The number of nitrogens with zero attached hydrogens (tertiary/aromatic N) is 3. The average molecular weight is 340 g/mol. The Balaban J connectivity index is 1.53. The Morgan fingerprint density at radius 3 is 2.64 bits per heavy atom. The average Bonchev–Trinajstić information content (AvgIpc) is 3.12. The predicted molar refractivity (Wildman–Crippen MR) is 92.7 cm³/mol. The number of likely N-dealkylation sites (tertiary alicyclic amines) is 1. The Hall–Kier alpha value is -2.83. The lowest BCUT2D eigenvalue weighted by Crippen LogP contribution is -2.40. The van der Waals surface area contributed by atoms with Crippen LogP contribution < -0.4 is 5.69 Å². The van der Waals surface area contributed by atoms with Gasteiger partial charge in [-0.25, -0.2) is 9.78 Å². The summed E-state index contributed by atoms with van der Waals surface area (Å²) in [4.78, 5) is 33.8. The molecule has 0 radical (unpaired) electrons. The van der Waals surface area contributed by atoms with Crippen molar-refractivity contribution < 1.29 is 9.21 Å². The number of aromatic amines is 1.